The van der Waals surface area contributed by atoms with Gasteiger partial charge in [-0.05, 0) is 74.7 Å². The molecule has 2 amide bonds. The number of nitrogens with zero attached hydrogens (tertiary/aromatic N) is 4. The lowest BCUT2D eigenvalue weighted by Crippen LogP contribution is -2.48. The second kappa shape index (κ2) is 12.8. The molecule has 0 aromatic heterocycles. The summed E-state index contributed by atoms with van der Waals surface area (Å²) < 4.78 is 5.97. The van der Waals surface area contributed by atoms with Crippen molar-refractivity contribution in [3.63, 3.8) is 0 Å². The number of rotatable bonds is 9. The average molecular weight is 603 g/mol. The predicted octanol–water partition coefficient (Wildman–Crippen LogP) is 3.20. The Bertz CT molecular complexity index is 1170. The first kappa shape index (κ1) is 28.2. The third-order valence-corrected chi connectivity index (χ3v) is 7.66. The molecule has 2 aliphatic rings. The number of anilines is 2. The van der Waals surface area contributed by atoms with E-state index in [1.54, 1.807) is 43.3 Å². The highest BCUT2D eigenvalue weighted by atomic mass is 79.9. The van der Waals surface area contributed by atoms with Gasteiger partial charge in [-0.1, -0.05) is 15.9 Å². The zero-order valence-electron chi connectivity index (χ0n) is 21.6. The summed E-state index contributed by atoms with van der Waals surface area (Å²) >= 11 is 9.17. The van der Waals surface area contributed by atoms with Crippen molar-refractivity contribution in [2.75, 3.05) is 63.1 Å². The van der Waals surface area contributed by atoms with Crippen molar-refractivity contribution in [1.82, 2.24) is 14.7 Å². The van der Waals surface area contributed by atoms with Crippen LogP contribution in [0.5, 0.6) is 0 Å². The number of likely N-dealkylation sites (N-methyl/N-ethyl adjacent to an activating group) is 1. The highest BCUT2D eigenvalue weighted by molar-refractivity contribution is 9.10. The molecule has 0 unspecified atom stereocenters. The molecule has 4 rings (SSSR count). The molecular formula is C27H32BrN5O4S. The molecule has 2 fully saturated rings. The van der Waals surface area contributed by atoms with Crippen LogP contribution in [0.15, 0.2) is 53.0 Å². The first-order chi connectivity index (χ1) is 18.3. The number of halogens is 1. The number of carbonyl (C=O) groups excluding carboxylic acids is 3. The summed E-state index contributed by atoms with van der Waals surface area (Å²) in [5.74, 6) is -0.952. The summed E-state index contributed by atoms with van der Waals surface area (Å²) in [7, 11) is 2.11. The number of thiocarbonyl (C=S) groups is 1. The maximum atomic E-state index is 13.7. The molecule has 2 aromatic carbocycles. The van der Waals surface area contributed by atoms with E-state index in [4.69, 9.17) is 17.0 Å². The number of ether oxygens (including phenoxy) is 1. The summed E-state index contributed by atoms with van der Waals surface area (Å²) in [5.41, 5.74) is 1.60. The lowest BCUT2D eigenvalue weighted by molar-refractivity contribution is -0.124. The van der Waals surface area contributed by atoms with Gasteiger partial charge >= 0.3 is 5.97 Å². The number of nitrogens with one attached hydrogen (secondary N) is 1. The zero-order valence-corrected chi connectivity index (χ0v) is 24.0. The van der Waals surface area contributed by atoms with Crippen LogP contribution in [0.1, 0.15) is 23.7 Å². The SMILES string of the molecule is CCOC(=O)c1ccc(N2C(=O)[C@H](CC(=O)Nc3ccc(Br)cc3)N(CCN3CCN(C)CC3)C2=S)cc1. The molecule has 0 spiro atoms. The maximum Gasteiger partial charge on any atom is 0.338 e. The molecular weight excluding hydrogens is 570 g/mol. The first-order valence-corrected chi connectivity index (χ1v) is 13.8. The predicted molar refractivity (Wildman–Crippen MR) is 154 cm³/mol. The zero-order chi connectivity index (χ0) is 27.2. The summed E-state index contributed by atoms with van der Waals surface area (Å²) in [6.45, 7) is 7.16. The molecule has 2 aromatic rings. The van der Waals surface area contributed by atoms with Gasteiger partial charge in [0.15, 0.2) is 5.11 Å². The molecule has 0 aliphatic carbocycles. The smallest absolute Gasteiger partial charge is 0.338 e. The van der Waals surface area contributed by atoms with E-state index in [1.807, 2.05) is 17.0 Å². The van der Waals surface area contributed by atoms with Crippen LogP contribution in [0.3, 0.4) is 0 Å². The molecule has 9 nitrogen and oxygen atoms in total. The Morgan fingerprint density at radius 2 is 1.68 bits per heavy atom. The molecule has 1 N–H and O–H groups in total. The molecule has 38 heavy (non-hydrogen) atoms. The second-order valence-corrected chi connectivity index (χ2v) is 10.6. The van der Waals surface area contributed by atoms with Gasteiger partial charge in [0, 0.05) is 49.4 Å². The number of hydrogen-bond donors (Lipinski definition) is 1. The largest absolute Gasteiger partial charge is 0.462 e. The average Bonchev–Trinajstić information content (AvgIpc) is 3.13. The van der Waals surface area contributed by atoms with Crippen LogP contribution in [-0.4, -0.2) is 96.6 Å². The number of carbonyl (C=O) groups is 3. The lowest BCUT2D eigenvalue weighted by Gasteiger charge is -2.34. The van der Waals surface area contributed by atoms with E-state index in [1.165, 1.54) is 4.90 Å². The highest BCUT2D eigenvalue weighted by Crippen LogP contribution is 2.28. The first-order valence-electron chi connectivity index (χ1n) is 12.6. The van der Waals surface area contributed by atoms with E-state index in [-0.39, 0.29) is 24.8 Å². The highest BCUT2D eigenvalue weighted by Gasteiger charge is 2.44. The minimum Gasteiger partial charge on any atom is -0.462 e. The van der Waals surface area contributed by atoms with Gasteiger partial charge in [-0.2, -0.15) is 0 Å². The van der Waals surface area contributed by atoms with Crippen molar-refractivity contribution in [3.05, 3.63) is 58.6 Å². The molecule has 2 saturated heterocycles. The van der Waals surface area contributed by atoms with Crippen molar-refractivity contribution in [3.8, 4) is 0 Å². The Labute approximate surface area is 236 Å². The van der Waals surface area contributed by atoms with Gasteiger partial charge in [-0.25, -0.2) is 4.79 Å². The van der Waals surface area contributed by atoms with E-state index in [2.05, 4.69) is 38.1 Å². The normalized spacial score (nSPS) is 18.7. The van der Waals surface area contributed by atoms with Crippen LogP contribution in [0, 0.1) is 0 Å². The standard InChI is InChI=1S/C27H32BrN5O4S/c1-3-37-26(36)19-4-10-22(11-5-19)33-25(35)23(18-24(34)29-21-8-6-20(28)7-9-21)32(27(33)38)17-16-31-14-12-30(2)13-15-31/h4-11,23H,3,12-18H2,1-2H3,(H,29,34)/t23-/m0/s1. The van der Waals surface area contributed by atoms with Crippen molar-refractivity contribution >= 4 is 62.4 Å². The molecule has 1 atom stereocenters. The summed E-state index contributed by atoms with van der Waals surface area (Å²) in [6, 6.07) is 13.1. The fourth-order valence-electron chi connectivity index (χ4n) is 4.53. The Balaban J connectivity index is 1.51. The van der Waals surface area contributed by atoms with Crippen LogP contribution in [-0.2, 0) is 14.3 Å². The molecule has 2 aliphatic heterocycles. The quantitative estimate of drug-likeness (QED) is 0.346. The van der Waals surface area contributed by atoms with Crippen LogP contribution >= 0.6 is 28.1 Å². The number of piperazine rings is 1. The molecule has 202 valence electrons. The number of esters is 1. The maximum absolute atomic E-state index is 13.7. The van der Waals surface area contributed by atoms with Gasteiger partial charge in [0.1, 0.15) is 6.04 Å². The summed E-state index contributed by atoms with van der Waals surface area (Å²) in [5, 5.41) is 3.24. The van der Waals surface area contributed by atoms with E-state index in [9.17, 15) is 14.4 Å². The number of amides is 2. The molecule has 0 saturated carbocycles. The molecule has 11 heteroatoms. The van der Waals surface area contributed by atoms with Gasteiger partial charge in [-0.3, -0.25) is 19.4 Å². The van der Waals surface area contributed by atoms with Crippen molar-refractivity contribution in [1.29, 1.82) is 0 Å². The van der Waals surface area contributed by atoms with E-state index in [0.717, 1.165) is 37.2 Å². The van der Waals surface area contributed by atoms with Crippen LogP contribution in [0.2, 0.25) is 0 Å². The monoisotopic (exact) mass is 601 g/mol. The number of hydrogen-bond acceptors (Lipinski definition) is 7. The van der Waals surface area contributed by atoms with Crippen molar-refractivity contribution < 1.29 is 19.1 Å². The third kappa shape index (κ3) is 6.76. The van der Waals surface area contributed by atoms with E-state index >= 15 is 0 Å². The van der Waals surface area contributed by atoms with Gasteiger partial charge in [0.25, 0.3) is 5.91 Å². The van der Waals surface area contributed by atoms with E-state index in [0.29, 0.717) is 28.6 Å². The van der Waals surface area contributed by atoms with Gasteiger partial charge < -0.3 is 19.9 Å². The molecule has 0 bridgehead atoms. The lowest BCUT2D eigenvalue weighted by atomic mass is 10.1. The van der Waals surface area contributed by atoms with Crippen molar-refractivity contribution in [2.45, 2.75) is 19.4 Å². The van der Waals surface area contributed by atoms with Gasteiger partial charge in [0.05, 0.1) is 24.3 Å². The second-order valence-electron chi connectivity index (χ2n) is 9.34. The number of benzene rings is 2. The molecule has 0 radical (unpaired) electrons. The minimum atomic E-state index is -0.727. The van der Waals surface area contributed by atoms with Crippen LogP contribution in [0.25, 0.3) is 0 Å². The van der Waals surface area contributed by atoms with E-state index < -0.39 is 12.0 Å². The minimum absolute atomic E-state index is 0.0326. The Hall–Kier alpha value is -2.86. The Morgan fingerprint density at radius 1 is 1.03 bits per heavy atom. The summed E-state index contributed by atoms with van der Waals surface area (Å²) in [4.78, 5) is 46.7. The topological polar surface area (TPSA) is 85.4 Å². The fraction of sp³-hybridized carbons (Fsp3) is 0.407. The van der Waals surface area contributed by atoms with Crippen LogP contribution < -0.4 is 10.2 Å². The summed E-state index contributed by atoms with van der Waals surface area (Å²) in [6.07, 6.45) is -0.0326. The Kier molecular flexibility index (Phi) is 9.48. The fourth-order valence-corrected chi connectivity index (χ4v) is 5.21. The van der Waals surface area contributed by atoms with Crippen LogP contribution in [0.4, 0.5) is 11.4 Å². The third-order valence-electron chi connectivity index (χ3n) is 6.72. The molecule has 2 heterocycles. The van der Waals surface area contributed by atoms with Crippen molar-refractivity contribution in [2.24, 2.45) is 0 Å². The Morgan fingerprint density at radius 3 is 2.32 bits per heavy atom. The van der Waals surface area contributed by atoms with Gasteiger partial charge in [0.2, 0.25) is 5.91 Å². The van der Waals surface area contributed by atoms with Gasteiger partial charge in [-0.15, -0.1) is 0 Å².